The fraction of sp³-hybridized carbons (Fsp3) is 0.333. The minimum Gasteiger partial charge on any atom is -0.508 e. The van der Waals surface area contributed by atoms with Crippen molar-refractivity contribution in [2.24, 2.45) is 0 Å². The smallest absolute Gasteiger partial charge is 0.121 e. The first kappa shape index (κ1) is 9.75. The first-order valence-corrected chi connectivity index (χ1v) is 5.32. The molecule has 0 aliphatic rings. The Bertz CT molecular complexity index is 263. The van der Waals surface area contributed by atoms with Gasteiger partial charge in [-0.25, -0.2) is 0 Å². The molecule has 0 bridgehead atoms. The molecule has 0 heterocycles. The molecule has 66 valence electrons. The van der Waals surface area contributed by atoms with Gasteiger partial charge >= 0.3 is 0 Å². The molecule has 0 fully saturated rings. The van der Waals surface area contributed by atoms with Crippen LogP contribution in [0.15, 0.2) is 18.2 Å². The molecule has 0 aromatic heterocycles. The summed E-state index contributed by atoms with van der Waals surface area (Å²) in [6.07, 6.45) is 0. The van der Waals surface area contributed by atoms with Gasteiger partial charge in [-0.3, -0.25) is 0 Å². The summed E-state index contributed by atoms with van der Waals surface area (Å²) in [5.74, 6) is 2.20. The van der Waals surface area contributed by atoms with Crippen molar-refractivity contribution < 1.29 is 5.11 Å². The molecule has 1 rings (SSSR count). The molecule has 0 radical (unpaired) electrons. The molecular weight excluding hydrogens is 192 g/mol. The van der Waals surface area contributed by atoms with Gasteiger partial charge in [0.15, 0.2) is 0 Å². The Kier molecular flexibility index (Phi) is 3.76. The van der Waals surface area contributed by atoms with Crippen LogP contribution >= 0.6 is 23.4 Å². The minimum absolute atomic E-state index is 0.295. The van der Waals surface area contributed by atoms with Crippen LogP contribution in [0.3, 0.4) is 0 Å². The molecule has 1 N–H and O–H groups in total. The summed E-state index contributed by atoms with van der Waals surface area (Å²) in [6.45, 7) is 2.09. The van der Waals surface area contributed by atoms with Crippen LogP contribution < -0.4 is 0 Å². The molecule has 1 nitrogen and oxygen atoms in total. The number of aromatic hydroxyl groups is 1. The van der Waals surface area contributed by atoms with E-state index in [1.165, 1.54) is 0 Å². The van der Waals surface area contributed by atoms with E-state index in [0.717, 1.165) is 17.1 Å². The van der Waals surface area contributed by atoms with Crippen molar-refractivity contribution in [2.45, 2.75) is 12.7 Å². The van der Waals surface area contributed by atoms with E-state index in [1.807, 2.05) is 6.07 Å². The van der Waals surface area contributed by atoms with Crippen LogP contribution in [0.1, 0.15) is 12.5 Å². The average Bonchev–Trinajstić information content (AvgIpc) is 2.03. The quantitative estimate of drug-likeness (QED) is 0.812. The van der Waals surface area contributed by atoms with Crippen molar-refractivity contribution in [1.82, 2.24) is 0 Å². The van der Waals surface area contributed by atoms with Crippen molar-refractivity contribution in [3.63, 3.8) is 0 Å². The highest BCUT2D eigenvalue weighted by Gasteiger charge is 2.00. The maximum atomic E-state index is 9.42. The number of rotatable bonds is 3. The predicted octanol–water partition coefficient (Wildman–Crippen LogP) is 3.30. The molecule has 1 aromatic rings. The lowest BCUT2D eigenvalue weighted by atomic mass is 10.2. The number of phenolic OH excluding ortho intramolecular Hbond substituents is 1. The Balaban J connectivity index is 2.72. The Morgan fingerprint density at radius 2 is 2.25 bits per heavy atom. The van der Waals surface area contributed by atoms with Gasteiger partial charge in [0.05, 0.1) is 0 Å². The highest BCUT2D eigenvalue weighted by atomic mass is 35.5. The van der Waals surface area contributed by atoms with E-state index in [4.69, 9.17) is 11.6 Å². The molecule has 1 aromatic carbocycles. The zero-order chi connectivity index (χ0) is 8.97. The first-order chi connectivity index (χ1) is 5.74. The molecule has 0 amide bonds. The summed E-state index contributed by atoms with van der Waals surface area (Å²) in [4.78, 5) is 0. The summed E-state index contributed by atoms with van der Waals surface area (Å²) in [5.41, 5.74) is 0.950. The average molecular weight is 203 g/mol. The van der Waals surface area contributed by atoms with Crippen molar-refractivity contribution in [1.29, 1.82) is 0 Å². The normalized spacial score (nSPS) is 10.2. The summed E-state index contributed by atoms with van der Waals surface area (Å²) >= 11 is 7.46. The van der Waals surface area contributed by atoms with Gasteiger partial charge in [0.1, 0.15) is 5.75 Å². The van der Waals surface area contributed by atoms with Crippen LogP contribution in [0.5, 0.6) is 5.75 Å². The lowest BCUT2D eigenvalue weighted by Crippen LogP contribution is -1.81. The number of hydrogen-bond acceptors (Lipinski definition) is 2. The number of hydrogen-bond donors (Lipinski definition) is 1. The SMILES string of the molecule is CCSCc1ccc(Cl)cc1O. The van der Waals surface area contributed by atoms with Crippen molar-refractivity contribution in [3.05, 3.63) is 28.8 Å². The second kappa shape index (κ2) is 4.63. The Labute approximate surface area is 81.7 Å². The molecule has 3 heteroatoms. The van der Waals surface area contributed by atoms with Crippen molar-refractivity contribution >= 4 is 23.4 Å². The molecule has 0 atom stereocenters. The van der Waals surface area contributed by atoms with Crippen LogP contribution in [0, 0.1) is 0 Å². The third-order valence-corrected chi connectivity index (χ3v) is 2.67. The molecule has 0 aliphatic carbocycles. The largest absolute Gasteiger partial charge is 0.508 e. The van der Waals surface area contributed by atoms with E-state index in [-0.39, 0.29) is 0 Å². The minimum atomic E-state index is 0.295. The highest BCUT2D eigenvalue weighted by molar-refractivity contribution is 7.98. The Morgan fingerprint density at radius 1 is 1.50 bits per heavy atom. The fourth-order valence-electron chi connectivity index (χ4n) is 0.871. The van der Waals surface area contributed by atoms with Crippen LogP contribution in [-0.4, -0.2) is 10.9 Å². The van der Waals surface area contributed by atoms with Crippen molar-refractivity contribution in [2.75, 3.05) is 5.75 Å². The molecule has 12 heavy (non-hydrogen) atoms. The first-order valence-electron chi connectivity index (χ1n) is 3.79. The molecule has 0 spiro atoms. The molecule has 0 aliphatic heterocycles. The maximum Gasteiger partial charge on any atom is 0.121 e. The summed E-state index contributed by atoms with van der Waals surface area (Å²) in [6, 6.07) is 5.24. The van der Waals surface area contributed by atoms with Gasteiger partial charge in [-0.1, -0.05) is 24.6 Å². The van der Waals surface area contributed by atoms with Gasteiger partial charge in [-0.15, -0.1) is 0 Å². The monoisotopic (exact) mass is 202 g/mol. The molecule has 0 saturated carbocycles. The van der Waals surface area contributed by atoms with Crippen molar-refractivity contribution in [3.8, 4) is 5.75 Å². The van der Waals surface area contributed by atoms with Gasteiger partial charge < -0.3 is 5.11 Å². The Hall–Kier alpha value is -0.340. The van der Waals surface area contributed by atoms with Crippen LogP contribution in [-0.2, 0) is 5.75 Å². The standard InChI is InChI=1S/C9H11ClOS/c1-2-12-6-7-3-4-8(10)5-9(7)11/h3-5,11H,2,6H2,1H3. The fourth-order valence-corrected chi connectivity index (χ4v) is 1.71. The lowest BCUT2D eigenvalue weighted by molar-refractivity contribution is 0.470. The van der Waals surface area contributed by atoms with Crippen LogP contribution in [0.4, 0.5) is 0 Å². The molecular formula is C9H11ClOS. The molecule has 0 unspecified atom stereocenters. The maximum absolute atomic E-state index is 9.42. The zero-order valence-electron chi connectivity index (χ0n) is 6.88. The van der Waals surface area contributed by atoms with E-state index in [0.29, 0.717) is 10.8 Å². The second-order valence-corrected chi connectivity index (χ2v) is 4.12. The van der Waals surface area contributed by atoms with Gasteiger partial charge in [0, 0.05) is 16.3 Å². The predicted molar refractivity (Wildman–Crippen MR) is 55.0 cm³/mol. The van der Waals surface area contributed by atoms with E-state index in [9.17, 15) is 5.11 Å². The number of benzene rings is 1. The summed E-state index contributed by atoms with van der Waals surface area (Å²) in [7, 11) is 0. The van der Waals surface area contributed by atoms with E-state index in [1.54, 1.807) is 23.9 Å². The van der Waals surface area contributed by atoms with E-state index in [2.05, 4.69) is 6.92 Å². The number of phenols is 1. The second-order valence-electron chi connectivity index (χ2n) is 2.41. The number of thioether (sulfide) groups is 1. The van der Waals surface area contributed by atoms with Gasteiger partial charge in [-0.2, -0.15) is 11.8 Å². The zero-order valence-corrected chi connectivity index (χ0v) is 8.45. The van der Waals surface area contributed by atoms with E-state index >= 15 is 0 Å². The van der Waals surface area contributed by atoms with Gasteiger partial charge in [-0.05, 0) is 17.9 Å². The summed E-state index contributed by atoms with van der Waals surface area (Å²) < 4.78 is 0. The highest BCUT2D eigenvalue weighted by Crippen LogP contribution is 2.25. The topological polar surface area (TPSA) is 20.2 Å². The van der Waals surface area contributed by atoms with Gasteiger partial charge in [0.2, 0.25) is 0 Å². The number of halogens is 1. The Morgan fingerprint density at radius 3 is 2.83 bits per heavy atom. The summed E-state index contributed by atoms with van der Waals surface area (Å²) in [5, 5.41) is 10.0. The molecule has 0 saturated heterocycles. The lowest BCUT2D eigenvalue weighted by Gasteiger charge is -2.02. The van der Waals surface area contributed by atoms with E-state index < -0.39 is 0 Å². The van der Waals surface area contributed by atoms with Crippen LogP contribution in [0.25, 0.3) is 0 Å². The third kappa shape index (κ3) is 2.61. The third-order valence-electron chi connectivity index (χ3n) is 1.51. The van der Waals surface area contributed by atoms with Crippen LogP contribution in [0.2, 0.25) is 5.02 Å². The van der Waals surface area contributed by atoms with Gasteiger partial charge in [0.25, 0.3) is 0 Å².